The smallest absolute Gasteiger partial charge is 0.0987 e. The largest absolute Gasteiger partial charge is 0.308 e. The van der Waals surface area contributed by atoms with Gasteiger partial charge in [-0.1, -0.05) is 23.4 Å². The Balaban J connectivity index is 2.24. The predicted molar refractivity (Wildman–Crippen MR) is 90.1 cm³/mol. The molecule has 1 aromatic carbocycles. The predicted octanol–water partition coefficient (Wildman–Crippen LogP) is 4.42. The van der Waals surface area contributed by atoms with Crippen LogP contribution in [0.1, 0.15) is 32.0 Å². The molecule has 0 amide bonds. The molecule has 0 aliphatic carbocycles. The van der Waals surface area contributed by atoms with Crippen LogP contribution in [-0.2, 0) is 13.6 Å². The third kappa shape index (κ3) is 4.77. The molecule has 0 saturated carbocycles. The summed E-state index contributed by atoms with van der Waals surface area (Å²) >= 11 is 7.87. The lowest BCUT2D eigenvalue weighted by Crippen LogP contribution is -2.35. The molecule has 0 radical (unpaired) electrons. The van der Waals surface area contributed by atoms with E-state index in [0.29, 0.717) is 0 Å². The standard InChI is InChI=1S/C16H22ClN3S/c1-11-8-15(20(5)19-11)21-14-7-6-13(17)9-12(14)10-18-16(2,3)4/h6-9,18H,10H2,1-5H3. The molecule has 0 bridgehead atoms. The van der Waals surface area contributed by atoms with Crippen LogP contribution in [0.5, 0.6) is 0 Å². The molecule has 1 aromatic heterocycles. The lowest BCUT2D eigenvalue weighted by Gasteiger charge is -2.21. The molecule has 0 aliphatic heterocycles. The highest BCUT2D eigenvalue weighted by Gasteiger charge is 2.13. The molecule has 2 rings (SSSR count). The first kappa shape index (κ1) is 16.4. The number of benzene rings is 1. The quantitative estimate of drug-likeness (QED) is 0.903. The molecule has 0 fully saturated rings. The lowest BCUT2D eigenvalue weighted by molar-refractivity contribution is 0.422. The maximum Gasteiger partial charge on any atom is 0.0987 e. The molecule has 0 saturated heterocycles. The van der Waals surface area contributed by atoms with E-state index in [4.69, 9.17) is 11.6 Å². The Hall–Kier alpha value is -0.970. The fraction of sp³-hybridized carbons (Fsp3) is 0.438. The van der Waals surface area contributed by atoms with Crippen molar-refractivity contribution in [2.45, 2.75) is 49.7 Å². The maximum absolute atomic E-state index is 6.15. The van der Waals surface area contributed by atoms with Gasteiger partial charge in [0.05, 0.1) is 10.7 Å². The number of nitrogens with one attached hydrogen (secondary N) is 1. The molecule has 0 spiro atoms. The highest BCUT2D eigenvalue weighted by molar-refractivity contribution is 7.99. The van der Waals surface area contributed by atoms with Crippen LogP contribution < -0.4 is 5.32 Å². The van der Waals surface area contributed by atoms with Crippen molar-refractivity contribution in [3.8, 4) is 0 Å². The summed E-state index contributed by atoms with van der Waals surface area (Å²) in [6.07, 6.45) is 0. The third-order valence-corrected chi connectivity index (χ3v) is 4.45. The zero-order valence-electron chi connectivity index (χ0n) is 13.2. The van der Waals surface area contributed by atoms with Gasteiger partial charge in [-0.2, -0.15) is 5.10 Å². The monoisotopic (exact) mass is 323 g/mol. The average molecular weight is 324 g/mol. The van der Waals surface area contributed by atoms with Crippen LogP contribution in [0.3, 0.4) is 0 Å². The molecular weight excluding hydrogens is 302 g/mol. The van der Waals surface area contributed by atoms with Gasteiger partial charge in [0.15, 0.2) is 0 Å². The summed E-state index contributed by atoms with van der Waals surface area (Å²) in [4.78, 5) is 1.21. The van der Waals surface area contributed by atoms with Gasteiger partial charge in [0.2, 0.25) is 0 Å². The van der Waals surface area contributed by atoms with Crippen molar-refractivity contribution in [1.29, 1.82) is 0 Å². The minimum atomic E-state index is 0.0768. The number of nitrogens with zero attached hydrogens (tertiary/aromatic N) is 2. The second-order valence-corrected chi connectivity index (χ2v) is 7.70. The Morgan fingerprint density at radius 2 is 2.00 bits per heavy atom. The number of aromatic nitrogens is 2. The van der Waals surface area contributed by atoms with Gasteiger partial charge in [0.25, 0.3) is 0 Å². The molecule has 0 atom stereocenters. The lowest BCUT2D eigenvalue weighted by atomic mass is 10.1. The van der Waals surface area contributed by atoms with E-state index in [2.05, 4.69) is 43.3 Å². The first-order chi connectivity index (χ1) is 9.74. The molecule has 3 nitrogen and oxygen atoms in total. The zero-order valence-corrected chi connectivity index (χ0v) is 14.8. The van der Waals surface area contributed by atoms with Gasteiger partial charge < -0.3 is 5.32 Å². The molecule has 5 heteroatoms. The number of hydrogen-bond acceptors (Lipinski definition) is 3. The molecule has 1 heterocycles. The topological polar surface area (TPSA) is 29.9 Å². The van der Waals surface area contributed by atoms with Crippen LogP contribution in [0.15, 0.2) is 34.2 Å². The first-order valence-electron chi connectivity index (χ1n) is 6.96. The van der Waals surface area contributed by atoms with E-state index >= 15 is 0 Å². The van der Waals surface area contributed by atoms with Crippen LogP contribution in [0, 0.1) is 6.92 Å². The van der Waals surface area contributed by atoms with E-state index in [-0.39, 0.29) is 5.54 Å². The summed E-state index contributed by atoms with van der Waals surface area (Å²) in [5.74, 6) is 0. The zero-order chi connectivity index (χ0) is 15.6. The fourth-order valence-corrected chi connectivity index (χ4v) is 3.16. The van der Waals surface area contributed by atoms with E-state index in [1.807, 2.05) is 30.8 Å². The van der Waals surface area contributed by atoms with E-state index in [9.17, 15) is 0 Å². The van der Waals surface area contributed by atoms with Crippen molar-refractivity contribution in [2.24, 2.45) is 7.05 Å². The molecule has 2 aromatic rings. The summed E-state index contributed by atoms with van der Waals surface area (Å²) in [6, 6.07) is 8.15. The van der Waals surface area contributed by atoms with E-state index < -0.39 is 0 Å². The Labute approximate surface area is 136 Å². The van der Waals surface area contributed by atoms with Gasteiger partial charge in [-0.25, -0.2) is 0 Å². The minimum absolute atomic E-state index is 0.0768. The molecule has 0 unspecified atom stereocenters. The number of rotatable bonds is 4. The third-order valence-electron chi connectivity index (χ3n) is 3.01. The van der Waals surface area contributed by atoms with Crippen molar-refractivity contribution in [2.75, 3.05) is 0 Å². The van der Waals surface area contributed by atoms with E-state index in [0.717, 1.165) is 22.3 Å². The van der Waals surface area contributed by atoms with E-state index in [1.54, 1.807) is 11.8 Å². The molecule has 1 N–H and O–H groups in total. The van der Waals surface area contributed by atoms with Crippen LogP contribution >= 0.6 is 23.4 Å². The van der Waals surface area contributed by atoms with Crippen molar-refractivity contribution in [3.63, 3.8) is 0 Å². The van der Waals surface area contributed by atoms with E-state index in [1.165, 1.54) is 10.5 Å². The second kappa shape index (κ2) is 6.42. The second-order valence-electron chi connectivity index (χ2n) is 6.21. The SMILES string of the molecule is Cc1cc(Sc2ccc(Cl)cc2CNC(C)(C)C)n(C)n1. The normalized spacial score (nSPS) is 11.9. The summed E-state index contributed by atoms with van der Waals surface area (Å²) in [7, 11) is 1.97. The van der Waals surface area contributed by atoms with Crippen LogP contribution in [0.25, 0.3) is 0 Å². The van der Waals surface area contributed by atoms with Gasteiger partial charge in [-0.05, 0) is 57.5 Å². The summed E-state index contributed by atoms with van der Waals surface area (Å²) < 4.78 is 1.91. The Morgan fingerprint density at radius 1 is 1.29 bits per heavy atom. The Morgan fingerprint density at radius 3 is 2.57 bits per heavy atom. The van der Waals surface area contributed by atoms with Crippen LogP contribution in [0.2, 0.25) is 5.02 Å². The van der Waals surface area contributed by atoms with Gasteiger partial charge in [0.1, 0.15) is 0 Å². The maximum atomic E-state index is 6.15. The Bertz CT molecular complexity index is 629. The summed E-state index contributed by atoms with van der Waals surface area (Å²) in [5.41, 5.74) is 2.32. The number of aryl methyl sites for hydroxylation is 2. The summed E-state index contributed by atoms with van der Waals surface area (Å²) in [6.45, 7) is 9.29. The van der Waals surface area contributed by atoms with Gasteiger partial charge in [-0.3, -0.25) is 4.68 Å². The van der Waals surface area contributed by atoms with Crippen LogP contribution in [-0.4, -0.2) is 15.3 Å². The fourth-order valence-electron chi connectivity index (χ4n) is 1.94. The van der Waals surface area contributed by atoms with Crippen LogP contribution in [0.4, 0.5) is 0 Å². The van der Waals surface area contributed by atoms with Gasteiger partial charge in [-0.15, -0.1) is 0 Å². The molecular formula is C16H22ClN3S. The number of halogens is 1. The molecule has 21 heavy (non-hydrogen) atoms. The minimum Gasteiger partial charge on any atom is -0.308 e. The first-order valence-corrected chi connectivity index (χ1v) is 8.16. The van der Waals surface area contributed by atoms with Crippen molar-refractivity contribution in [1.82, 2.24) is 15.1 Å². The molecule has 0 aliphatic rings. The van der Waals surface area contributed by atoms with Crippen molar-refractivity contribution >= 4 is 23.4 Å². The summed E-state index contributed by atoms with van der Waals surface area (Å²) in [5, 5.41) is 9.81. The highest BCUT2D eigenvalue weighted by Crippen LogP contribution is 2.32. The van der Waals surface area contributed by atoms with Gasteiger partial charge in [0, 0.05) is 29.0 Å². The molecule has 114 valence electrons. The van der Waals surface area contributed by atoms with Gasteiger partial charge >= 0.3 is 0 Å². The average Bonchev–Trinajstić information content (AvgIpc) is 2.67. The highest BCUT2D eigenvalue weighted by atomic mass is 35.5. The Kier molecular flexibility index (Phi) is 5.02. The number of hydrogen-bond donors (Lipinski definition) is 1. The van der Waals surface area contributed by atoms with Crippen molar-refractivity contribution < 1.29 is 0 Å². The van der Waals surface area contributed by atoms with Crippen molar-refractivity contribution in [3.05, 3.63) is 40.5 Å².